The highest BCUT2D eigenvalue weighted by molar-refractivity contribution is 7.55. The topological polar surface area (TPSA) is 112 Å². The Morgan fingerprint density at radius 3 is 3.00 bits per heavy atom. The van der Waals surface area contributed by atoms with Gasteiger partial charge in [-0.05, 0) is 31.0 Å². The summed E-state index contributed by atoms with van der Waals surface area (Å²) in [7, 11) is -3.51. The van der Waals surface area contributed by atoms with E-state index >= 15 is 0 Å². The molecule has 9 nitrogen and oxygen atoms in total. The Balaban J connectivity index is 1.36. The molecule has 11 heteroatoms. The van der Waals surface area contributed by atoms with E-state index in [1.807, 2.05) is 0 Å². The molecule has 4 rings (SSSR count). The van der Waals surface area contributed by atoms with Crippen molar-refractivity contribution in [2.24, 2.45) is 0 Å². The lowest BCUT2D eigenvalue weighted by atomic mass is 10.2. The second-order valence-electron chi connectivity index (χ2n) is 6.19. The van der Waals surface area contributed by atoms with Crippen molar-refractivity contribution in [2.75, 3.05) is 6.61 Å². The maximum Gasteiger partial charge on any atom is 0.619 e. The standard InChI is InChI=1S/C16H16ClN2O7P/c17-11-1-3-13-10(7-11)8-23-27(22,26-13)24-9-12-2-4-15(25-12)19-6-5-14(20)18-16(19)21/h1,3,5-7,12,15,22H,2,4,8-9H2/p+1. The summed E-state index contributed by atoms with van der Waals surface area (Å²) >= 11 is 5.92. The maximum absolute atomic E-state index is 11.8. The number of aromatic amines is 1. The van der Waals surface area contributed by atoms with E-state index in [0.29, 0.717) is 23.6 Å². The van der Waals surface area contributed by atoms with Crippen molar-refractivity contribution in [1.29, 1.82) is 0 Å². The molecule has 0 aliphatic carbocycles. The highest BCUT2D eigenvalue weighted by atomic mass is 35.5. The second-order valence-corrected chi connectivity index (χ2v) is 8.26. The lowest BCUT2D eigenvalue weighted by Crippen LogP contribution is -2.31. The van der Waals surface area contributed by atoms with Crippen LogP contribution in [0.3, 0.4) is 0 Å². The first kappa shape index (κ1) is 18.6. The molecule has 144 valence electrons. The average Bonchev–Trinajstić information content (AvgIpc) is 3.09. The van der Waals surface area contributed by atoms with E-state index in [1.165, 1.54) is 16.8 Å². The molecule has 0 bridgehead atoms. The molecule has 0 saturated carbocycles. The largest absolute Gasteiger partial charge is 0.619 e. The summed E-state index contributed by atoms with van der Waals surface area (Å²) in [6.07, 6.45) is 1.72. The van der Waals surface area contributed by atoms with E-state index in [-0.39, 0.29) is 19.3 Å². The van der Waals surface area contributed by atoms with Crippen LogP contribution in [-0.2, 0) is 20.4 Å². The third-order valence-corrected chi connectivity index (χ3v) is 5.88. The molecule has 2 aliphatic heterocycles. The summed E-state index contributed by atoms with van der Waals surface area (Å²) in [5.41, 5.74) is -0.269. The molecule has 3 heterocycles. The molecule has 1 aromatic carbocycles. The Kier molecular flexibility index (Phi) is 5.07. The van der Waals surface area contributed by atoms with Crippen LogP contribution in [0.25, 0.3) is 0 Å². The lowest BCUT2D eigenvalue weighted by Gasteiger charge is -2.22. The number of nitrogens with one attached hydrogen (secondary N) is 1. The van der Waals surface area contributed by atoms with Gasteiger partial charge in [0.1, 0.15) is 19.4 Å². The molecule has 1 fully saturated rings. The number of hydrogen-bond donors (Lipinski definition) is 2. The zero-order valence-electron chi connectivity index (χ0n) is 14.0. The van der Waals surface area contributed by atoms with Crippen LogP contribution >= 0.6 is 19.8 Å². The molecule has 0 radical (unpaired) electrons. The Bertz CT molecular complexity index is 964. The molecular weight excluding hydrogens is 399 g/mol. The van der Waals surface area contributed by atoms with E-state index in [0.717, 1.165) is 5.56 Å². The molecule has 2 aromatic rings. The van der Waals surface area contributed by atoms with Crippen LogP contribution in [0, 0.1) is 0 Å². The zero-order chi connectivity index (χ0) is 19.0. The van der Waals surface area contributed by atoms with Crippen LogP contribution in [-0.4, -0.2) is 27.2 Å². The SMILES string of the molecule is O=c1ccn(C2CCC(CO[P+]3(O)OCc4cc(Cl)ccc4O3)O2)c(=O)[nH]1. The minimum absolute atomic E-state index is 0.0435. The first-order valence-electron chi connectivity index (χ1n) is 8.28. The third-order valence-electron chi connectivity index (χ3n) is 4.29. The molecule has 2 N–H and O–H groups in total. The fourth-order valence-electron chi connectivity index (χ4n) is 2.96. The normalized spacial score (nSPS) is 27.2. The summed E-state index contributed by atoms with van der Waals surface area (Å²) in [6.45, 7) is 0.170. The molecule has 1 aromatic heterocycles. The van der Waals surface area contributed by atoms with E-state index in [2.05, 4.69) is 4.98 Å². The van der Waals surface area contributed by atoms with Crippen molar-refractivity contribution in [1.82, 2.24) is 9.55 Å². The van der Waals surface area contributed by atoms with Crippen LogP contribution in [0.2, 0.25) is 5.02 Å². The van der Waals surface area contributed by atoms with Crippen molar-refractivity contribution in [2.45, 2.75) is 31.8 Å². The van der Waals surface area contributed by atoms with Crippen LogP contribution in [0.1, 0.15) is 24.6 Å². The smallest absolute Gasteiger partial charge is 0.352 e. The Morgan fingerprint density at radius 1 is 1.33 bits per heavy atom. The molecular formula is C16H17ClN2O7P+. The van der Waals surface area contributed by atoms with Crippen molar-refractivity contribution in [3.05, 3.63) is 61.9 Å². The Hall–Kier alpha value is -1.74. The van der Waals surface area contributed by atoms with Crippen LogP contribution < -0.4 is 15.8 Å². The maximum atomic E-state index is 11.8. The van der Waals surface area contributed by atoms with Crippen LogP contribution in [0.4, 0.5) is 0 Å². The van der Waals surface area contributed by atoms with Crippen molar-refractivity contribution < 1.29 is 23.2 Å². The number of ether oxygens (including phenoxy) is 1. The van der Waals surface area contributed by atoms with E-state index in [4.69, 9.17) is 29.9 Å². The van der Waals surface area contributed by atoms with Gasteiger partial charge in [0.15, 0.2) is 5.75 Å². The monoisotopic (exact) mass is 415 g/mol. The predicted molar refractivity (Wildman–Crippen MR) is 96.4 cm³/mol. The zero-order valence-corrected chi connectivity index (χ0v) is 15.7. The van der Waals surface area contributed by atoms with Gasteiger partial charge in [-0.2, -0.15) is 4.89 Å². The molecule has 2 aliphatic rings. The summed E-state index contributed by atoms with van der Waals surface area (Å²) < 4.78 is 23.5. The van der Waals surface area contributed by atoms with Crippen molar-refractivity contribution >= 4 is 19.8 Å². The number of nitrogens with zero attached hydrogens (tertiary/aromatic N) is 1. The third kappa shape index (κ3) is 4.08. The Labute approximate surface area is 159 Å². The van der Waals surface area contributed by atoms with E-state index in [1.54, 1.807) is 18.2 Å². The van der Waals surface area contributed by atoms with Gasteiger partial charge in [-0.25, -0.2) is 4.79 Å². The highest BCUT2D eigenvalue weighted by Gasteiger charge is 2.51. The second kappa shape index (κ2) is 7.35. The number of H-pyrrole nitrogens is 1. The molecule has 0 amide bonds. The number of aromatic nitrogens is 2. The van der Waals surface area contributed by atoms with E-state index in [9.17, 15) is 14.5 Å². The van der Waals surface area contributed by atoms with Crippen molar-refractivity contribution in [3.8, 4) is 5.75 Å². The minimum Gasteiger partial charge on any atom is -0.352 e. The lowest BCUT2D eigenvalue weighted by molar-refractivity contribution is -0.0301. The van der Waals surface area contributed by atoms with Gasteiger partial charge in [0.25, 0.3) is 5.56 Å². The first-order valence-corrected chi connectivity index (χ1v) is 10.1. The van der Waals surface area contributed by atoms with Gasteiger partial charge in [-0.15, -0.1) is 9.05 Å². The van der Waals surface area contributed by atoms with Gasteiger partial charge in [0.2, 0.25) is 0 Å². The van der Waals surface area contributed by atoms with Crippen LogP contribution in [0.5, 0.6) is 5.75 Å². The van der Waals surface area contributed by atoms with Gasteiger partial charge < -0.3 is 4.74 Å². The van der Waals surface area contributed by atoms with Gasteiger partial charge >= 0.3 is 13.9 Å². The summed E-state index contributed by atoms with van der Waals surface area (Å²) in [6, 6.07) is 6.27. The fourth-order valence-corrected chi connectivity index (χ4v) is 4.42. The van der Waals surface area contributed by atoms with Gasteiger partial charge in [0.05, 0.1) is 6.10 Å². The van der Waals surface area contributed by atoms with Gasteiger partial charge in [-0.1, -0.05) is 11.6 Å². The average molecular weight is 416 g/mol. The summed E-state index contributed by atoms with van der Waals surface area (Å²) in [5.74, 6) is 0.464. The number of hydrogen-bond acceptors (Lipinski definition) is 7. The van der Waals surface area contributed by atoms with E-state index < -0.39 is 25.6 Å². The molecule has 3 atom stereocenters. The number of fused-ring (bicyclic) bond motifs is 1. The Morgan fingerprint density at radius 2 is 2.19 bits per heavy atom. The quantitative estimate of drug-likeness (QED) is 0.736. The molecule has 0 spiro atoms. The summed E-state index contributed by atoms with van der Waals surface area (Å²) in [4.78, 5) is 35.7. The molecule has 3 unspecified atom stereocenters. The number of halogens is 1. The highest BCUT2D eigenvalue weighted by Crippen LogP contribution is 2.61. The first-order chi connectivity index (χ1) is 12.9. The van der Waals surface area contributed by atoms with Gasteiger partial charge in [0, 0.05) is 22.8 Å². The minimum atomic E-state index is -3.51. The number of rotatable bonds is 4. The van der Waals surface area contributed by atoms with Gasteiger partial charge in [-0.3, -0.25) is 18.9 Å². The fraction of sp³-hybridized carbons (Fsp3) is 0.375. The van der Waals surface area contributed by atoms with Crippen LogP contribution in [0.15, 0.2) is 40.1 Å². The summed E-state index contributed by atoms with van der Waals surface area (Å²) in [5, 5.41) is 0.550. The predicted octanol–water partition coefficient (Wildman–Crippen LogP) is 2.16. The molecule has 1 saturated heterocycles. The van der Waals surface area contributed by atoms with Crippen molar-refractivity contribution in [3.63, 3.8) is 0 Å². The molecule has 27 heavy (non-hydrogen) atoms. The number of benzene rings is 1.